The zero-order chi connectivity index (χ0) is 56.4. The maximum absolute atomic E-state index is 6.70. The van der Waals surface area contributed by atoms with Crippen LogP contribution in [0.1, 0.15) is 228 Å². The summed E-state index contributed by atoms with van der Waals surface area (Å²) in [6.07, 6.45) is 16.3. The summed E-state index contributed by atoms with van der Waals surface area (Å²) in [4.78, 5) is 0. The Morgan fingerprint density at radius 2 is 0.579 bits per heavy atom. The molecule has 416 valence electrons. The molecule has 0 atom stereocenters. The number of hydrogen-bond donors (Lipinski definition) is 0. The van der Waals surface area contributed by atoms with Crippen LogP contribution in [-0.2, 0) is 9.47 Å². The number of nitrogens with zero attached hydrogens (tertiary/aromatic N) is 4. The molecule has 0 amide bonds. The van der Waals surface area contributed by atoms with Crippen molar-refractivity contribution >= 4 is 89.1 Å². The Morgan fingerprint density at radius 1 is 0.368 bits per heavy atom. The molecular formula is C62H86Cl6N4O2Si2. The van der Waals surface area contributed by atoms with Gasteiger partial charge in [0.2, 0.25) is 0 Å². The third kappa shape index (κ3) is 16.3. The summed E-state index contributed by atoms with van der Waals surface area (Å²) in [6.45, 7) is 39.4. The van der Waals surface area contributed by atoms with E-state index in [1.165, 1.54) is 70.2 Å². The van der Waals surface area contributed by atoms with Crippen LogP contribution in [-0.4, -0.2) is 47.6 Å². The summed E-state index contributed by atoms with van der Waals surface area (Å²) in [5, 5.41) is 1.44. The largest absolute Gasteiger partial charge is 0.381 e. The first kappa shape index (κ1) is 64.2. The van der Waals surface area contributed by atoms with E-state index in [0.29, 0.717) is 47.3 Å². The minimum atomic E-state index is -3.25. The molecule has 0 aliphatic carbocycles. The van der Waals surface area contributed by atoms with E-state index >= 15 is 0 Å². The molecule has 0 spiro atoms. The molecule has 0 N–H and O–H groups in total. The second-order valence-electron chi connectivity index (χ2n) is 22.7. The van der Waals surface area contributed by atoms with Gasteiger partial charge in [-0.05, 0) is 118 Å². The summed E-state index contributed by atoms with van der Waals surface area (Å²) >= 11 is 40.2. The molecule has 0 bridgehead atoms. The molecule has 2 aromatic heterocycles. The van der Waals surface area contributed by atoms with Crippen LogP contribution in [0.4, 0.5) is 0 Å². The molecule has 2 aliphatic rings. The van der Waals surface area contributed by atoms with Gasteiger partial charge in [-0.25, -0.2) is 0 Å². The van der Waals surface area contributed by atoms with E-state index in [-0.39, 0.29) is 0 Å². The van der Waals surface area contributed by atoms with Gasteiger partial charge >= 0.3 is 12.0 Å². The highest BCUT2D eigenvalue weighted by Gasteiger charge is 2.37. The lowest BCUT2D eigenvalue weighted by molar-refractivity contribution is -0.582. The highest BCUT2D eigenvalue weighted by Crippen LogP contribution is 2.35. The van der Waals surface area contributed by atoms with E-state index in [0.717, 1.165) is 59.8 Å². The van der Waals surface area contributed by atoms with Crippen molar-refractivity contribution in [2.24, 2.45) is 0 Å². The Kier molecular flexibility index (Phi) is 24.2. The Morgan fingerprint density at radius 3 is 0.750 bits per heavy atom. The van der Waals surface area contributed by atoms with Crippen molar-refractivity contribution in [1.29, 1.82) is 0 Å². The van der Waals surface area contributed by atoms with Crippen molar-refractivity contribution in [3.8, 4) is 22.7 Å². The van der Waals surface area contributed by atoms with Crippen molar-refractivity contribution in [2.45, 2.75) is 184 Å². The molecule has 2 fully saturated rings. The molecule has 4 heterocycles. The zero-order valence-corrected chi connectivity index (χ0v) is 54.8. The summed E-state index contributed by atoms with van der Waals surface area (Å²) in [7, 11) is 0. The third-order valence-electron chi connectivity index (χ3n) is 13.9. The third-order valence-corrected chi connectivity index (χ3v) is 19.3. The molecule has 0 unspecified atom stereocenters. The maximum Gasteiger partial charge on any atom is 0.368 e. The second-order valence-corrected chi connectivity index (χ2v) is 39.4. The van der Waals surface area contributed by atoms with Crippen LogP contribution in [0.15, 0.2) is 85.2 Å². The molecule has 0 radical (unpaired) electrons. The van der Waals surface area contributed by atoms with Crippen LogP contribution in [0.25, 0.3) is 22.7 Å². The first-order valence-corrected chi connectivity index (χ1v) is 37.7. The van der Waals surface area contributed by atoms with E-state index in [1.54, 1.807) is 0 Å². The van der Waals surface area contributed by atoms with Crippen LogP contribution in [0.5, 0.6) is 0 Å². The standard InChI is InChI=1S/2C27H35Cl3N2Si.2C4H8O/c2*1-17(2)21-11-9-12-22(18(3)4)26(21)31-15-25(33(28,29)30)32(16-31)27-23(19(5)6)13-10-14-24(27)20(7)8;2*1-2-4-5-3-1/h2*9-15,17-20H,1-8H3;2*1-4H2. The minimum Gasteiger partial charge on any atom is -0.381 e. The monoisotopic (exact) mass is 1180 g/mol. The van der Waals surface area contributed by atoms with Crippen LogP contribution >= 0.6 is 66.5 Å². The predicted octanol–water partition coefficient (Wildman–Crippen LogP) is 17.4. The molecule has 0 saturated carbocycles. The number of imidazole rings is 2. The number of aromatic nitrogens is 4. The molecule has 6 aromatic rings. The van der Waals surface area contributed by atoms with Gasteiger partial charge in [-0.15, -0.1) is 66.5 Å². The molecule has 2 aliphatic heterocycles. The Hall–Kier alpha value is -2.61. The first-order valence-electron chi connectivity index (χ1n) is 27.6. The van der Waals surface area contributed by atoms with E-state index in [9.17, 15) is 0 Å². The van der Waals surface area contributed by atoms with Crippen LogP contribution in [0.2, 0.25) is 0 Å². The number of benzene rings is 4. The Balaban J connectivity index is 0.000000236. The Bertz CT molecular complexity index is 2490. The van der Waals surface area contributed by atoms with Crippen LogP contribution in [0.3, 0.4) is 0 Å². The van der Waals surface area contributed by atoms with Gasteiger partial charge in [0.1, 0.15) is 0 Å². The number of ether oxygens (including phenoxy) is 2. The normalized spacial score (nSPS) is 14.1. The number of halogens is 6. The summed E-state index contributed by atoms with van der Waals surface area (Å²) < 4.78 is 18.1. The maximum atomic E-state index is 6.70. The minimum absolute atomic E-state index is 0.321. The first-order chi connectivity index (χ1) is 35.7. The fourth-order valence-electron chi connectivity index (χ4n) is 9.85. The summed E-state index contributed by atoms with van der Waals surface area (Å²) in [5.41, 5.74) is 14.4. The number of rotatable bonds is 14. The van der Waals surface area contributed by atoms with Crippen molar-refractivity contribution in [1.82, 2.24) is 9.13 Å². The Labute approximate surface area is 488 Å². The summed E-state index contributed by atoms with van der Waals surface area (Å²) in [6, 6.07) is 19.5. The smallest absolute Gasteiger partial charge is 0.368 e. The molecule has 4 aromatic carbocycles. The van der Waals surface area contributed by atoms with Gasteiger partial charge in [0.25, 0.3) is 12.7 Å². The lowest BCUT2D eigenvalue weighted by atomic mass is 9.92. The van der Waals surface area contributed by atoms with Crippen molar-refractivity contribution in [3.05, 3.63) is 142 Å². The fourth-order valence-corrected chi connectivity index (χ4v) is 13.6. The van der Waals surface area contributed by atoms with E-state index in [2.05, 4.69) is 205 Å². The van der Waals surface area contributed by atoms with Gasteiger partial charge in [-0.1, -0.05) is 184 Å². The van der Waals surface area contributed by atoms with Crippen LogP contribution in [0, 0.1) is 12.7 Å². The van der Waals surface area contributed by atoms with Gasteiger partial charge in [0.05, 0.1) is 33.4 Å². The van der Waals surface area contributed by atoms with Gasteiger partial charge < -0.3 is 9.47 Å². The summed E-state index contributed by atoms with van der Waals surface area (Å²) in [5.74, 6) is 2.69. The second kappa shape index (κ2) is 28.7. The van der Waals surface area contributed by atoms with E-state index in [4.69, 9.17) is 75.9 Å². The zero-order valence-electron chi connectivity index (χ0n) is 48.2. The average molecular weight is 1190 g/mol. The number of para-hydroxylation sites is 4. The molecular weight excluding hydrogens is 1100 g/mol. The highest BCUT2D eigenvalue weighted by molar-refractivity contribution is 7.69. The molecule has 8 rings (SSSR count). The lowest BCUT2D eigenvalue weighted by Crippen LogP contribution is -2.55. The highest BCUT2D eigenvalue weighted by atomic mass is 35.8. The fraction of sp³-hybridized carbons (Fsp3) is 0.516. The number of hydrogen-bond acceptors (Lipinski definition) is 2. The van der Waals surface area contributed by atoms with Crippen molar-refractivity contribution < 1.29 is 18.6 Å². The lowest BCUT2D eigenvalue weighted by Gasteiger charge is -2.22. The quantitative estimate of drug-likeness (QED) is 0.0472. The van der Waals surface area contributed by atoms with E-state index < -0.39 is 12.0 Å². The average Bonchev–Trinajstić information content (AvgIpc) is 4.22. The van der Waals surface area contributed by atoms with Gasteiger partial charge in [-0.2, -0.15) is 0 Å². The topological polar surface area (TPSA) is 36.1 Å². The molecule has 76 heavy (non-hydrogen) atoms. The van der Waals surface area contributed by atoms with Gasteiger partial charge in [-0.3, -0.25) is 18.3 Å². The van der Waals surface area contributed by atoms with Crippen LogP contribution < -0.4 is 19.8 Å². The SMILES string of the molecule is C1CCOC1.C1CCOC1.CC(C)c1cccc(C(C)C)c1-n1[c-][n+](-c2c(C(C)C)cccc2C(C)C)c([Si](Cl)(Cl)Cl)c1.CC(C)c1cccc(C(C)C)c1-n1[c-][n+](-c2c(C(C)C)cccc2C(C)C)c([Si](Cl)(Cl)Cl)c1. The van der Waals surface area contributed by atoms with Crippen molar-refractivity contribution in [3.63, 3.8) is 0 Å². The molecule has 2 saturated heterocycles. The molecule has 6 nitrogen and oxygen atoms in total. The molecule has 14 heteroatoms. The van der Waals surface area contributed by atoms with Crippen molar-refractivity contribution in [2.75, 3.05) is 26.4 Å². The van der Waals surface area contributed by atoms with Gasteiger partial charge in [0.15, 0.2) is 0 Å². The predicted molar refractivity (Wildman–Crippen MR) is 331 cm³/mol. The van der Waals surface area contributed by atoms with Gasteiger partial charge in [0, 0.05) is 38.8 Å². The van der Waals surface area contributed by atoms with E-state index in [1.807, 2.05) is 21.5 Å².